The summed E-state index contributed by atoms with van der Waals surface area (Å²) in [7, 11) is 1.83. The quantitative estimate of drug-likeness (QED) is 0.482. The molecule has 0 aliphatic carbocycles. The van der Waals surface area contributed by atoms with Gasteiger partial charge in [-0.3, -0.25) is 0 Å². The van der Waals surface area contributed by atoms with Gasteiger partial charge in [0, 0.05) is 7.11 Å². The van der Waals surface area contributed by atoms with E-state index in [1.807, 2.05) is 7.11 Å². The fourth-order valence-electron chi connectivity index (χ4n) is 2.49. The van der Waals surface area contributed by atoms with E-state index in [2.05, 4.69) is 38.1 Å². The Balaban J connectivity index is 2.20. The molecule has 1 nitrogen and oxygen atoms in total. The maximum absolute atomic E-state index is 5.62. The number of hydrogen-bond donors (Lipinski definition) is 0. The van der Waals surface area contributed by atoms with E-state index in [0.717, 1.165) is 6.42 Å². The predicted octanol–water partition coefficient (Wildman–Crippen LogP) is 5.82. The van der Waals surface area contributed by atoms with Crippen LogP contribution in [0.5, 0.6) is 0 Å². The summed E-state index contributed by atoms with van der Waals surface area (Å²) in [6.45, 7) is 4.40. The first-order chi connectivity index (χ1) is 9.27. The van der Waals surface area contributed by atoms with Gasteiger partial charge in [-0.2, -0.15) is 0 Å². The number of methoxy groups -OCH3 is 1. The summed E-state index contributed by atoms with van der Waals surface area (Å²) in [4.78, 5) is 0. The molecule has 0 spiro atoms. The lowest BCUT2D eigenvalue weighted by molar-refractivity contribution is 0.0930. The van der Waals surface area contributed by atoms with Gasteiger partial charge in [0.05, 0.1) is 6.10 Å². The first kappa shape index (κ1) is 16.2. The monoisotopic (exact) mass is 262 g/mol. The number of unbranched alkanes of at least 4 members (excludes halogenated alkanes) is 6. The number of ether oxygens (including phenoxy) is 1. The Morgan fingerprint density at radius 3 is 2.05 bits per heavy atom. The van der Waals surface area contributed by atoms with Gasteiger partial charge in [-0.05, 0) is 18.9 Å². The Kier molecular flexibility index (Phi) is 8.57. The minimum absolute atomic E-state index is 0.274. The van der Waals surface area contributed by atoms with Crippen LogP contribution in [0.4, 0.5) is 0 Å². The number of rotatable bonds is 10. The van der Waals surface area contributed by atoms with Gasteiger partial charge in [0.2, 0.25) is 0 Å². The molecule has 0 aromatic heterocycles. The second-order valence-electron chi connectivity index (χ2n) is 5.55. The van der Waals surface area contributed by atoms with Crippen LogP contribution in [0.15, 0.2) is 24.3 Å². The lowest BCUT2D eigenvalue weighted by Gasteiger charge is -2.15. The van der Waals surface area contributed by atoms with Crippen molar-refractivity contribution in [1.29, 1.82) is 0 Å². The third kappa shape index (κ3) is 6.77. The van der Waals surface area contributed by atoms with Crippen LogP contribution in [0.3, 0.4) is 0 Å². The molecule has 0 aliphatic rings. The Morgan fingerprint density at radius 1 is 0.895 bits per heavy atom. The lowest BCUT2D eigenvalue weighted by atomic mass is 10.0. The second-order valence-corrected chi connectivity index (χ2v) is 5.55. The molecule has 1 aromatic rings. The third-order valence-electron chi connectivity index (χ3n) is 3.80. The van der Waals surface area contributed by atoms with Crippen LogP contribution in [0, 0.1) is 6.92 Å². The molecule has 0 N–H and O–H groups in total. The highest BCUT2D eigenvalue weighted by Crippen LogP contribution is 2.23. The Labute approximate surface area is 119 Å². The standard InChI is InChI=1S/C18H30O/c1-4-5-6-7-8-9-10-11-18(19-3)17-14-12-16(2)13-15-17/h12-15,18H,4-11H2,1-3H3. The van der Waals surface area contributed by atoms with E-state index >= 15 is 0 Å². The van der Waals surface area contributed by atoms with E-state index in [4.69, 9.17) is 4.74 Å². The lowest BCUT2D eigenvalue weighted by Crippen LogP contribution is -2.01. The molecule has 0 saturated heterocycles. The molecule has 0 fully saturated rings. The van der Waals surface area contributed by atoms with Crippen LogP contribution in [0.1, 0.15) is 75.5 Å². The normalized spacial score (nSPS) is 12.6. The summed E-state index contributed by atoms with van der Waals surface area (Å²) in [5.41, 5.74) is 2.63. The molecule has 1 unspecified atom stereocenters. The van der Waals surface area contributed by atoms with Gasteiger partial charge in [-0.1, -0.05) is 81.7 Å². The van der Waals surface area contributed by atoms with Gasteiger partial charge < -0.3 is 4.74 Å². The Hall–Kier alpha value is -0.820. The fraction of sp³-hybridized carbons (Fsp3) is 0.667. The summed E-state index contributed by atoms with van der Waals surface area (Å²) < 4.78 is 5.62. The van der Waals surface area contributed by atoms with Gasteiger partial charge in [0.1, 0.15) is 0 Å². The molecule has 0 radical (unpaired) electrons. The summed E-state index contributed by atoms with van der Waals surface area (Å²) in [6.07, 6.45) is 10.9. The molecule has 1 atom stereocenters. The van der Waals surface area contributed by atoms with E-state index < -0.39 is 0 Å². The molecule has 0 saturated carbocycles. The van der Waals surface area contributed by atoms with Crippen LogP contribution in [-0.2, 0) is 4.74 Å². The van der Waals surface area contributed by atoms with Crippen LogP contribution in [0.2, 0.25) is 0 Å². The SMILES string of the molecule is CCCCCCCCCC(OC)c1ccc(C)cc1. The molecular formula is C18H30O. The van der Waals surface area contributed by atoms with Crippen molar-refractivity contribution in [2.24, 2.45) is 0 Å². The second kappa shape index (κ2) is 10.0. The van der Waals surface area contributed by atoms with Gasteiger partial charge in [0.25, 0.3) is 0 Å². The molecule has 0 bridgehead atoms. The van der Waals surface area contributed by atoms with E-state index in [1.54, 1.807) is 0 Å². The first-order valence-electron chi connectivity index (χ1n) is 7.87. The van der Waals surface area contributed by atoms with Crippen molar-refractivity contribution in [3.8, 4) is 0 Å². The summed E-state index contributed by atoms with van der Waals surface area (Å²) >= 11 is 0. The van der Waals surface area contributed by atoms with Gasteiger partial charge in [0.15, 0.2) is 0 Å². The van der Waals surface area contributed by atoms with E-state index in [1.165, 1.54) is 56.1 Å². The van der Waals surface area contributed by atoms with Crippen molar-refractivity contribution in [1.82, 2.24) is 0 Å². The highest BCUT2D eigenvalue weighted by Gasteiger charge is 2.09. The highest BCUT2D eigenvalue weighted by molar-refractivity contribution is 5.23. The molecule has 1 aromatic carbocycles. The molecule has 1 heteroatoms. The maximum Gasteiger partial charge on any atom is 0.0821 e. The van der Waals surface area contributed by atoms with Gasteiger partial charge in [-0.15, -0.1) is 0 Å². The van der Waals surface area contributed by atoms with Gasteiger partial charge in [-0.25, -0.2) is 0 Å². The van der Waals surface area contributed by atoms with Crippen LogP contribution >= 0.6 is 0 Å². The molecule has 0 heterocycles. The molecule has 0 aliphatic heterocycles. The van der Waals surface area contributed by atoms with E-state index in [-0.39, 0.29) is 6.10 Å². The summed E-state index contributed by atoms with van der Waals surface area (Å²) in [5.74, 6) is 0. The molecule has 0 amide bonds. The van der Waals surface area contributed by atoms with E-state index in [9.17, 15) is 0 Å². The average Bonchev–Trinajstić information content (AvgIpc) is 2.43. The minimum atomic E-state index is 0.274. The van der Waals surface area contributed by atoms with Crippen LogP contribution in [0.25, 0.3) is 0 Å². The summed E-state index contributed by atoms with van der Waals surface area (Å²) in [6, 6.07) is 8.74. The Bertz CT molecular complexity index is 315. The minimum Gasteiger partial charge on any atom is -0.377 e. The maximum atomic E-state index is 5.62. The molecular weight excluding hydrogens is 232 g/mol. The largest absolute Gasteiger partial charge is 0.377 e. The van der Waals surface area contributed by atoms with Crippen molar-refractivity contribution in [3.05, 3.63) is 35.4 Å². The smallest absolute Gasteiger partial charge is 0.0821 e. The van der Waals surface area contributed by atoms with Crippen LogP contribution < -0.4 is 0 Å². The zero-order valence-electron chi connectivity index (χ0n) is 13.0. The first-order valence-corrected chi connectivity index (χ1v) is 7.87. The topological polar surface area (TPSA) is 9.23 Å². The number of aryl methyl sites for hydroxylation is 1. The molecule has 19 heavy (non-hydrogen) atoms. The van der Waals surface area contributed by atoms with Gasteiger partial charge >= 0.3 is 0 Å². The van der Waals surface area contributed by atoms with E-state index in [0.29, 0.717) is 0 Å². The number of benzene rings is 1. The molecule has 108 valence electrons. The van der Waals surface area contributed by atoms with Crippen molar-refractivity contribution in [2.75, 3.05) is 7.11 Å². The zero-order valence-corrected chi connectivity index (χ0v) is 13.0. The zero-order chi connectivity index (χ0) is 13.9. The fourth-order valence-corrected chi connectivity index (χ4v) is 2.49. The van der Waals surface area contributed by atoms with Crippen molar-refractivity contribution >= 4 is 0 Å². The van der Waals surface area contributed by atoms with Crippen molar-refractivity contribution in [2.45, 2.75) is 71.3 Å². The van der Waals surface area contributed by atoms with Crippen molar-refractivity contribution in [3.63, 3.8) is 0 Å². The Morgan fingerprint density at radius 2 is 1.47 bits per heavy atom. The third-order valence-corrected chi connectivity index (χ3v) is 3.80. The number of hydrogen-bond acceptors (Lipinski definition) is 1. The highest BCUT2D eigenvalue weighted by atomic mass is 16.5. The molecule has 1 rings (SSSR count). The van der Waals surface area contributed by atoms with Crippen LogP contribution in [-0.4, -0.2) is 7.11 Å². The summed E-state index contributed by atoms with van der Waals surface area (Å²) in [5, 5.41) is 0. The predicted molar refractivity (Wildman–Crippen MR) is 83.5 cm³/mol. The average molecular weight is 262 g/mol. The van der Waals surface area contributed by atoms with Crippen molar-refractivity contribution < 1.29 is 4.74 Å².